The van der Waals surface area contributed by atoms with E-state index in [2.05, 4.69) is 16.0 Å². The highest BCUT2D eigenvalue weighted by molar-refractivity contribution is 6.30. The van der Waals surface area contributed by atoms with Gasteiger partial charge < -0.3 is 20.7 Å². The summed E-state index contributed by atoms with van der Waals surface area (Å²) >= 11 is 5.97. The van der Waals surface area contributed by atoms with E-state index in [9.17, 15) is 23.6 Å². The third kappa shape index (κ3) is 7.23. The Kier molecular flexibility index (Phi) is 10.3. The molecule has 0 saturated heterocycles. The van der Waals surface area contributed by atoms with Crippen molar-refractivity contribution in [1.29, 1.82) is 0 Å². The fraction of sp³-hybridized carbons (Fsp3) is 0.467. The number of hydrogen-bond acceptors (Lipinski definition) is 5. The summed E-state index contributed by atoms with van der Waals surface area (Å²) < 4.78 is 17.3. The number of aryl methyl sites for hydroxylation is 1. The number of carbonyl (C=O) groups is 4. The van der Waals surface area contributed by atoms with Gasteiger partial charge in [0.1, 0.15) is 31.4 Å². The predicted octanol–water partition coefficient (Wildman–Crippen LogP) is 2.86. The van der Waals surface area contributed by atoms with Gasteiger partial charge in [-0.15, -0.1) is 0 Å². The summed E-state index contributed by atoms with van der Waals surface area (Å²) in [5.41, 5.74) is 3.46. The highest BCUT2D eigenvalue weighted by atomic mass is 35.5. The zero-order chi connectivity index (χ0) is 29.5. The van der Waals surface area contributed by atoms with Gasteiger partial charge in [-0.3, -0.25) is 24.1 Å². The minimum Gasteiger partial charge on any atom is -0.369 e. The number of carbonyl (C=O) groups excluding carboxylic acids is 4. The van der Waals surface area contributed by atoms with Gasteiger partial charge in [0.2, 0.25) is 23.6 Å². The molecule has 220 valence electrons. The molecule has 11 heteroatoms. The molecule has 0 unspecified atom stereocenters. The molecule has 2 heterocycles. The molecule has 0 saturated carbocycles. The zero-order valence-corrected chi connectivity index (χ0v) is 24.0. The van der Waals surface area contributed by atoms with E-state index in [0.717, 1.165) is 22.4 Å². The summed E-state index contributed by atoms with van der Waals surface area (Å²) in [5.74, 6) is -1.93. The van der Waals surface area contributed by atoms with Crippen LogP contribution in [-0.2, 0) is 43.3 Å². The molecule has 0 spiro atoms. The van der Waals surface area contributed by atoms with Gasteiger partial charge in [-0.25, -0.2) is 4.39 Å². The summed E-state index contributed by atoms with van der Waals surface area (Å²) in [4.78, 5) is 54.7. The number of ether oxygens (including phenoxy) is 1. The number of benzene rings is 2. The number of halogens is 2. The van der Waals surface area contributed by atoms with Crippen LogP contribution in [0.5, 0.6) is 0 Å². The van der Waals surface area contributed by atoms with Crippen LogP contribution < -0.4 is 20.9 Å². The predicted molar refractivity (Wildman–Crippen MR) is 153 cm³/mol. The van der Waals surface area contributed by atoms with Crippen molar-refractivity contribution in [3.8, 4) is 0 Å². The molecule has 0 aliphatic carbocycles. The van der Waals surface area contributed by atoms with E-state index in [4.69, 9.17) is 16.3 Å². The van der Waals surface area contributed by atoms with Crippen molar-refractivity contribution in [2.75, 3.05) is 24.8 Å². The lowest BCUT2D eigenvalue weighted by Crippen LogP contribution is -2.58. The number of anilines is 1. The highest BCUT2D eigenvalue weighted by Gasteiger charge is 2.44. The van der Waals surface area contributed by atoms with Gasteiger partial charge in [-0.05, 0) is 47.6 Å². The van der Waals surface area contributed by atoms with Crippen molar-refractivity contribution in [2.45, 2.75) is 64.2 Å². The van der Waals surface area contributed by atoms with Crippen molar-refractivity contribution in [2.24, 2.45) is 5.92 Å². The molecule has 4 atom stereocenters. The van der Waals surface area contributed by atoms with Gasteiger partial charge in [0.05, 0.1) is 12.3 Å². The minimum absolute atomic E-state index is 0.211. The summed E-state index contributed by atoms with van der Waals surface area (Å²) in [6, 6.07) is 10.4. The molecular formula is C30H36ClFN4O5. The fourth-order valence-corrected chi connectivity index (χ4v) is 5.41. The molecule has 3 N–H and O–H groups in total. The van der Waals surface area contributed by atoms with Crippen LogP contribution in [0.25, 0.3) is 0 Å². The number of alkyl halides is 1. The number of nitrogens with zero attached hydrogens (tertiary/aromatic N) is 1. The Morgan fingerprint density at radius 3 is 2.59 bits per heavy atom. The van der Waals surface area contributed by atoms with Crippen LogP contribution in [0.1, 0.15) is 43.4 Å². The smallest absolute Gasteiger partial charge is 0.250 e. The maximum Gasteiger partial charge on any atom is 0.250 e. The zero-order valence-electron chi connectivity index (χ0n) is 23.3. The van der Waals surface area contributed by atoms with E-state index in [1.54, 1.807) is 12.1 Å². The van der Waals surface area contributed by atoms with Crippen LogP contribution in [0.3, 0.4) is 0 Å². The maximum atomic E-state index is 14.0. The Labute approximate surface area is 244 Å². The van der Waals surface area contributed by atoms with Crippen LogP contribution in [0, 0.1) is 5.92 Å². The second-order valence-electron chi connectivity index (χ2n) is 10.5. The largest absolute Gasteiger partial charge is 0.369 e. The fourth-order valence-electron chi connectivity index (χ4n) is 5.28. The molecule has 0 radical (unpaired) electrons. The third-order valence-electron chi connectivity index (χ3n) is 7.67. The van der Waals surface area contributed by atoms with E-state index in [1.807, 2.05) is 44.2 Å². The topological polar surface area (TPSA) is 117 Å². The van der Waals surface area contributed by atoms with Crippen LogP contribution in [0.4, 0.5) is 10.1 Å². The van der Waals surface area contributed by atoms with E-state index < -0.39 is 36.6 Å². The highest BCUT2D eigenvalue weighted by Crippen LogP contribution is 2.39. The average Bonchev–Trinajstić information content (AvgIpc) is 3.31. The summed E-state index contributed by atoms with van der Waals surface area (Å²) in [6.45, 7) is 2.70. The minimum atomic E-state index is -0.910. The molecule has 4 rings (SSSR count). The van der Waals surface area contributed by atoms with Crippen LogP contribution in [0.15, 0.2) is 42.5 Å². The number of para-hydroxylation sites is 1. The Bertz CT molecular complexity index is 1270. The first kappa shape index (κ1) is 30.5. The molecule has 0 fully saturated rings. The van der Waals surface area contributed by atoms with E-state index in [-0.39, 0.29) is 37.5 Å². The van der Waals surface area contributed by atoms with Crippen molar-refractivity contribution in [1.82, 2.24) is 16.0 Å². The molecule has 2 aliphatic heterocycles. The summed E-state index contributed by atoms with van der Waals surface area (Å²) in [6.07, 6.45) is 1.84. The van der Waals surface area contributed by atoms with Crippen molar-refractivity contribution >= 4 is 40.9 Å². The molecule has 41 heavy (non-hydrogen) atoms. The van der Waals surface area contributed by atoms with Gasteiger partial charge in [0, 0.05) is 18.0 Å². The number of hydrogen-bond donors (Lipinski definition) is 3. The molecule has 2 aliphatic rings. The van der Waals surface area contributed by atoms with E-state index in [0.29, 0.717) is 30.7 Å². The first-order chi connectivity index (χ1) is 19.7. The summed E-state index contributed by atoms with van der Waals surface area (Å²) in [7, 11) is 0. The second kappa shape index (κ2) is 13.9. The Hall–Kier alpha value is -3.50. The molecule has 4 amide bonds. The molecule has 2 aromatic rings. The van der Waals surface area contributed by atoms with Gasteiger partial charge in [0.25, 0.3) is 0 Å². The van der Waals surface area contributed by atoms with Crippen molar-refractivity contribution in [3.63, 3.8) is 0 Å². The summed E-state index contributed by atoms with van der Waals surface area (Å²) in [5, 5.41) is 9.05. The lowest BCUT2D eigenvalue weighted by atomic mass is 9.97. The number of amides is 4. The molecule has 0 bridgehead atoms. The first-order valence-electron chi connectivity index (χ1n) is 13.9. The van der Waals surface area contributed by atoms with Gasteiger partial charge in [-0.1, -0.05) is 62.2 Å². The molecule has 0 aromatic heterocycles. The average molecular weight is 587 g/mol. The molecular weight excluding hydrogens is 551 g/mol. The van der Waals surface area contributed by atoms with Gasteiger partial charge in [-0.2, -0.15) is 0 Å². The molecule has 9 nitrogen and oxygen atoms in total. The standard InChI is InChI=1S/C30H36ClFN4O5/c1-3-18(2)26(35-25(37)17-41-14-13-32)29(39)34-23-12-9-20-5-4-6-21-15-24(36(27(20)21)30(23)40)28(38)33-16-19-7-10-22(31)11-8-19/h4-8,10-11,18,23-24,26H,3,9,12-17H2,1-2H3,(H,33,38)(H,34,39)(H,35,37)/t18-,23-,24-,26-/m0/s1. The third-order valence-corrected chi connectivity index (χ3v) is 7.92. The lowest BCUT2D eigenvalue weighted by Gasteiger charge is -2.30. The SMILES string of the molecule is CC[C@H](C)[C@H](NC(=O)COCCF)C(=O)N[C@H]1CCc2cccc3c2N(C1=O)[C@H](C(=O)NCc1ccc(Cl)cc1)C3. The maximum absolute atomic E-state index is 14.0. The van der Waals surface area contributed by atoms with Gasteiger partial charge in [0.15, 0.2) is 0 Å². The Balaban J connectivity index is 1.50. The normalized spacial score (nSPS) is 19.1. The van der Waals surface area contributed by atoms with Crippen molar-refractivity contribution in [3.05, 3.63) is 64.2 Å². The number of nitrogens with one attached hydrogen (secondary N) is 3. The number of rotatable bonds is 12. The van der Waals surface area contributed by atoms with Crippen LogP contribution in [-0.4, -0.2) is 61.6 Å². The second-order valence-corrected chi connectivity index (χ2v) is 10.9. The van der Waals surface area contributed by atoms with E-state index in [1.165, 1.54) is 4.90 Å². The van der Waals surface area contributed by atoms with E-state index >= 15 is 0 Å². The Morgan fingerprint density at radius 1 is 1.15 bits per heavy atom. The van der Waals surface area contributed by atoms with Crippen LogP contribution >= 0.6 is 11.6 Å². The van der Waals surface area contributed by atoms with Crippen LogP contribution in [0.2, 0.25) is 5.02 Å². The van der Waals surface area contributed by atoms with Gasteiger partial charge >= 0.3 is 0 Å². The molecule has 2 aromatic carbocycles. The van der Waals surface area contributed by atoms with Crippen molar-refractivity contribution < 1.29 is 28.3 Å². The monoisotopic (exact) mass is 586 g/mol. The Morgan fingerprint density at radius 2 is 1.88 bits per heavy atom. The first-order valence-corrected chi connectivity index (χ1v) is 14.3. The quantitative estimate of drug-likeness (QED) is 0.331. The lowest BCUT2D eigenvalue weighted by molar-refractivity contribution is -0.134.